The number of benzene rings is 1. The Hall–Kier alpha value is -1.31. The minimum atomic E-state index is -0.0845. The summed E-state index contributed by atoms with van der Waals surface area (Å²) < 4.78 is 5.17. The zero-order valence-electron chi connectivity index (χ0n) is 7.57. The van der Waals surface area contributed by atoms with Crippen LogP contribution < -0.4 is 4.74 Å². The zero-order valence-corrected chi connectivity index (χ0v) is 7.57. The van der Waals surface area contributed by atoms with E-state index in [0.29, 0.717) is 11.7 Å². The van der Waals surface area contributed by atoms with E-state index in [9.17, 15) is 4.79 Å². The highest BCUT2D eigenvalue weighted by molar-refractivity contribution is 5.77. The second kappa shape index (κ2) is 3.21. The number of rotatable bonds is 2. The molecular formula is C11H12O2. The molecule has 0 heterocycles. The largest absolute Gasteiger partial charge is 0.426 e. The minimum absolute atomic E-state index is 0.0845. The monoisotopic (exact) mass is 176 g/mol. The Bertz CT molecular complexity index is 305. The Morgan fingerprint density at radius 3 is 2.54 bits per heavy atom. The second-order valence-electron chi connectivity index (χ2n) is 3.55. The number of hydrogen-bond donors (Lipinski definition) is 0. The number of esters is 1. The first kappa shape index (κ1) is 8.30. The van der Waals surface area contributed by atoms with Crippen molar-refractivity contribution in [1.82, 2.24) is 0 Å². The third kappa shape index (κ3) is 1.89. The van der Waals surface area contributed by atoms with E-state index in [2.05, 4.69) is 6.92 Å². The average Bonchev–Trinajstić information content (AvgIpc) is 2.84. The first-order chi connectivity index (χ1) is 6.27. The number of carbonyl (C=O) groups excluding carboxylic acids is 1. The third-order valence-corrected chi connectivity index (χ3v) is 2.37. The molecule has 0 unspecified atom stereocenters. The summed E-state index contributed by atoms with van der Waals surface area (Å²) in [5.74, 6) is 1.21. The maximum atomic E-state index is 11.4. The second-order valence-corrected chi connectivity index (χ2v) is 3.55. The van der Waals surface area contributed by atoms with E-state index in [1.165, 1.54) is 0 Å². The van der Waals surface area contributed by atoms with Crippen LogP contribution in [0.15, 0.2) is 30.3 Å². The summed E-state index contributed by atoms with van der Waals surface area (Å²) in [5, 5.41) is 0. The van der Waals surface area contributed by atoms with Gasteiger partial charge in [-0.1, -0.05) is 25.1 Å². The molecule has 1 aromatic rings. The van der Waals surface area contributed by atoms with Crippen molar-refractivity contribution < 1.29 is 9.53 Å². The average molecular weight is 176 g/mol. The molecule has 0 saturated heterocycles. The van der Waals surface area contributed by atoms with Crippen molar-refractivity contribution in [3.63, 3.8) is 0 Å². The van der Waals surface area contributed by atoms with Crippen LogP contribution in [-0.4, -0.2) is 5.97 Å². The predicted molar refractivity (Wildman–Crippen MR) is 49.3 cm³/mol. The number of hydrogen-bond acceptors (Lipinski definition) is 2. The number of carbonyl (C=O) groups is 1. The van der Waals surface area contributed by atoms with Gasteiger partial charge in [-0.05, 0) is 24.5 Å². The fourth-order valence-electron chi connectivity index (χ4n) is 1.33. The third-order valence-electron chi connectivity index (χ3n) is 2.37. The van der Waals surface area contributed by atoms with Crippen LogP contribution in [0.25, 0.3) is 0 Å². The molecule has 2 atom stereocenters. The molecule has 1 aliphatic rings. The standard InChI is InChI=1S/C11H12O2/c1-8-7-10(8)11(12)13-9-5-3-2-4-6-9/h2-6,8,10H,7H2,1H3/t8-,10+/m0/s1. The van der Waals surface area contributed by atoms with Gasteiger partial charge in [0.25, 0.3) is 0 Å². The summed E-state index contributed by atoms with van der Waals surface area (Å²) in [7, 11) is 0. The first-order valence-corrected chi connectivity index (χ1v) is 4.54. The summed E-state index contributed by atoms with van der Waals surface area (Å²) in [6, 6.07) is 9.21. The quantitative estimate of drug-likeness (QED) is 0.510. The van der Waals surface area contributed by atoms with Crippen LogP contribution in [-0.2, 0) is 4.79 Å². The van der Waals surface area contributed by atoms with Crippen molar-refractivity contribution in [2.75, 3.05) is 0 Å². The van der Waals surface area contributed by atoms with Gasteiger partial charge in [-0.15, -0.1) is 0 Å². The smallest absolute Gasteiger partial charge is 0.314 e. The minimum Gasteiger partial charge on any atom is -0.426 e. The van der Waals surface area contributed by atoms with Crippen molar-refractivity contribution in [3.05, 3.63) is 30.3 Å². The Labute approximate surface area is 77.5 Å². The van der Waals surface area contributed by atoms with Crippen LogP contribution in [0.4, 0.5) is 0 Å². The highest BCUT2D eigenvalue weighted by Gasteiger charge is 2.40. The van der Waals surface area contributed by atoms with Crippen LogP contribution in [0, 0.1) is 11.8 Å². The number of para-hydroxylation sites is 1. The van der Waals surface area contributed by atoms with Gasteiger partial charge in [0.15, 0.2) is 0 Å². The maximum absolute atomic E-state index is 11.4. The summed E-state index contributed by atoms with van der Waals surface area (Å²) >= 11 is 0. The summed E-state index contributed by atoms with van der Waals surface area (Å²) in [4.78, 5) is 11.4. The van der Waals surface area contributed by atoms with Crippen LogP contribution in [0.2, 0.25) is 0 Å². The van der Waals surface area contributed by atoms with Crippen molar-refractivity contribution in [1.29, 1.82) is 0 Å². The lowest BCUT2D eigenvalue weighted by molar-refractivity contribution is -0.136. The molecule has 2 heteroatoms. The molecule has 0 bridgehead atoms. The molecule has 0 amide bonds. The van der Waals surface area contributed by atoms with Crippen molar-refractivity contribution >= 4 is 5.97 Å². The van der Waals surface area contributed by atoms with Gasteiger partial charge >= 0.3 is 5.97 Å². The van der Waals surface area contributed by atoms with Crippen LogP contribution in [0.3, 0.4) is 0 Å². The van der Waals surface area contributed by atoms with Gasteiger partial charge in [0, 0.05) is 0 Å². The van der Waals surface area contributed by atoms with E-state index in [-0.39, 0.29) is 11.9 Å². The van der Waals surface area contributed by atoms with Gasteiger partial charge in [0.05, 0.1) is 5.92 Å². The lowest BCUT2D eigenvalue weighted by Gasteiger charge is -2.01. The van der Waals surface area contributed by atoms with E-state index in [1.807, 2.05) is 18.2 Å². The molecule has 1 fully saturated rings. The van der Waals surface area contributed by atoms with Crippen molar-refractivity contribution in [2.24, 2.45) is 11.8 Å². The molecule has 0 aliphatic heterocycles. The van der Waals surface area contributed by atoms with Gasteiger partial charge in [0.1, 0.15) is 5.75 Å². The Balaban J connectivity index is 1.95. The van der Waals surface area contributed by atoms with Gasteiger partial charge in [-0.25, -0.2) is 0 Å². The van der Waals surface area contributed by atoms with E-state index in [1.54, 1.807) is 12.1 Å². The van der Waals surface area contributed by atoms with Crippen molar-refractivity contribution in [2.45, 2.75) is 13.3 Å². The molecule has 1 aromatic carbocycles. The molecule has 1 saturated carbocycles. The van der Waals surface area contributed by atoms with Crippen LogP contribution in [0.5, 0.6) is 5.75 Å². The van der Waals surface area contributed by atoms with Gasteiger partial charge in [-0.3, -0.25) is 4.79 Å². The molecule has 2 nitrogen and oxygen atoms in total. The number of ether oxygens (including phenoxy) is 1. The highest BCUT2D eigenvalue weighted by atomic mass is 16.5. The summed E-state index contributed by atoms with van der Waals surface area (Å²) in [5.41, 5.74) is 0. The summed E-state index contributed by atoms with van der Waals surface area (Å²) in [6.45, 7) is 2.07. The van der Waals surface area contributed by atoms with E-state index >= 15 is 0 Å². The lowest BCUT2D eigenvalue weighted by Crippen LogP contribution is -2.10. The molecule has 0 spiro atoms. The van der Waals surface area contributed by atoms with Crippen molar-refractivity contribution in [3.8, 4) is 5.75 Å². The summed E-state index contributed by atoms with van der Waals surface area (Å²) in [6.07, 6.45) is 0.978. The molecule has 0 radical (unpaired) electrons. The fraction of sp³-hybridized carbons (Fsp3) is 0.364. The molecule has 0 aromatic heterocycles. The fourth-order valence-corrected chi connectivity index (χ4v) is 1.33. The van der Waals surface area contributed by atoms with Gasteiger partial charge < -0.3 is 4.74 Å². The molecule has 13 heavy (non-hydrogen) atoms. The molecule has 1 aliphatic carbocycles. The Kier molecular flexibility index (Phi) is 2.05. The predicted octanol–water partition coefficient (Wildman–Crippen LogP) is 2.25. The SMILES string of the molecule is C[C@H]1C[C@H]1C(=O)Oc1ccccc1. The Morgan fingerprint density at radius 2 is 2.00 bits per heavy atom. The van der Waals surface area contributed by atoms with Gasteiger partial charge in [0.2, 0.25) is 0 Å². The van der Waals surface area contributed by atoms with Gasteiger partial charge in [-0.2, -0.15) is 0 Å². The van der Waals surface area contributed by atoms with E-state index in [0.717, 1.165) is 6.42 Å². The normalized spacial score (nSPS) is 25.3. The highest BCUT2D eigenvalue weighted by Crippen LogP contribution is 2.38. The van der Waals surface area contributed by atoms with Crippen LogP contribution in [0.1, 0.15) is 13.3 Å². The molecule has 68 valence electrons. The van der Waals surface area contributed by atoms with E-state index in [4.69, 9.17) is 4.74 Å². The molecular weight excluding hydrogens is 164 g/mol. The van der Waals surface area contributed by atoms with E-state index < -0.39 is 0 Å². The topological polar surface area (TPSA) is 26.3 Å². The molecule has 2 rings (SSSR count). The zero-order chi connectivity index (χ0) is 9.26. The lowest BCUT2D eigenvalue weighted by atomic mass is 10.3. The van der Waals surface area contributed by atoms with Crippen LogP contribution >= 0.6 is 0 Å². The maximum Gasteiger partial charge on any atom is 0.314 e. The molecule has 0 N–H and O–H groups in total. The Morgan fingerprint density at radius 1 is 1.38 bits per heavy atom. The first-order valence-electron chi connectivity index (χ1n) is 4.54.